The monoisotopic (exact) mass is 243 g/mol. The third-order valence-corrected chi connectivity index (χ3v) is 2.28. The third kappa shape index (κ3) is 2.83. The molecule has 0 spiro atoms. The van der Waals surface area contributed by atoms with Crippen molar-refractivity contribution in [2.24, 2.45) is 0 Å². The Kier molecular flexibility index (Phi) is 3.39. The number of carboxylic acids is 1. The summed E-state index contributed by atoms with van der Waals surface area (Å²) in [6.45, 7) is -0.698. The molecule has 1 heterocycles. The number of halogens is 4. The van der Waals surface area contributed by atoms with Gasteiger partial charge >= 0.3 is 18.1 Å². The van der Waals surface area contributed by atoms with E-state index in [0.29, 0.717) is 0 Å². The van der Waals surface area contributed by atoms with Crippen LogP contribution in [0.25, 0.3) is 0 Å². The average molecular weight is 243 g/mol. The fourth-order valence-corrected chi connectivity index (χ4v) is 1.67. The molecule has 0 unspecified atom stereocenters. The second-order valence-electron chi connectivity index (χ2n) is 3.54. The van der Waals surface area contributed by atoms with Crippen LogP contribution in [0, 0.1) is 0 Å². The average Bonchev–Trinajstić information content (AvgIpc) is 2.42. The minimum absolute atomic E-state index is 0.249. The number of rotatable bonds is 2. The lowest BCUT2D eigenvalue weighted by Crippen LogP contribution is -2.44. The summed E-state index contributed by atoms with van der Waals surface area (Å²) in [5, 5.41) is 8.42. The minimum Gasteiger partial charge on any atom is -0.481 e. The number of hydrogen-bond donors (Lipinski definition) is 1. The Bertz CT molecular complexity index is 304. The summed E-state index contributed by atoms with van der Waals surface area (Å²) in [6.07, 6.45) is -7.74. The van der Waals surface area contributed by atoms with Crippen molar-refractivity contribution >= 4 is 11.9 Å². The second kappa shape index (κ2) is 4.26. The Morgan fingerprint density at radius 1 is 1.38 bits per heavy atom. The van der Waals surface area contributed by atoms with Crippen molar-refractivity contribution in [3.8, 4) is 0 Å². The van der Waals surface area contributed by atoms with Gasteiger partial charge in [0.1, 0.15) is 6.17 Å². The number of alkyl halides is 4. The molecule has 1 aliphatic heterocycles. The number of likely N-dealkylation sites (tertiary alicyclic amines) is 1. The van der Waals surface area contributed by atoms with Gasteiger partial charge in [-0.2, -0.15) is 13.2 Å². The van der Waals surface area contributed by atoms with Crippen LogP contribution in [0.3, 0.4) is 0 Å². The zero-order chi connectivity index (χ0) is 12.5. The van der Waals surface area contributed by atoms with Gasteiger partial charge in [-0.05, 0) is 0 Å². The normalized spacial score (nSPS) is 25.9. The molecule has 8 heteroatoms. The van der Waals surface area contributed by atoms with Gasteiger partial charge < -0.3 is 10.0 Å². The van der Waals surface area contributed by atoms with Crippen molar-refractivity contribution in [2.75, 3.05) is 6.54 Å². The van der Waals surface area contributed by atoms with E-state index in [1.807, 2.05) is 0 Å². The molecule has 1 saturated heterocycles. The maximum atomic E-state index is 12.9. The predicted molar refractivity (Wildman–Crippen MR) is 43.3 cm³/mol. The molecule has 1 N–H and O–H groups in total. The largest absolute Gasteiger partial charge is 0.481 e. The number of amides is 1. The molecule has 0 bridgehead atoms. The van der Waals surface area contributed by atoms with Crippen molar-refractivity contribution < 1.29 is 32.3 Å². The molecule has 0 aromatic rings. The maximum Gasteiger partial charge on any atom is 0.471 e. The summed E-state index contributed by atoms with van der Waals surface area (Å²) >= 11 is 0. The van der Waals surface area contributed by atoms with Crippen LogP contribution >= 0.6 is 0 Å². The lowest BCUT2D eigenvalue weighted by molar-refractivity contribution is -0.186. The smallest absolute Gasteiger partial charge is 0.471 e. The summed E-state index contributed by atoms with van der Waals surface area (Å²) in [5.41, 5.74) is 0. The van der Waals surface area contributed by atoms with Gasteiger partial charge in [-0.1, -0.05) is 0 Å². The van der Waals surface area contributed by atoms with E-state index < -0.39 is 43.2 Å². The van der Waals surface area contributed by atoms with E-state index in [1.54, 1.807) is 0 Å². The Balaban J connectivity index is 2.77. The molecule has 0 radical (unpaired) electrons. The van der Waals surface area contributed by atoms with Crippen molar-refractivity contribution in [1.29, 1.82) is 0 Å². The van der Waals surface area contributed by atoms with E-state index in [1.165, 1.54) is 0 Å². The molecule has 0 aromatic carbocycles. The Morgan fingerprint density at radius 2 is 1.94 bits per heavy atom. The SMILES string of the molecule is O=C(O)C[C@@H]1C[C@H](F)CN1C(=O)C(F)(F)F. The van der Waals surface area contributed by atoms with Crippen LogP contribution in [-0.2, 0) is 9.59 Å². The first-order valence-corrected chi connectivity index (χ1v) is 4.45. The van der Waals surface area contributed by atoms with Gasteiger partial charge in [-0.25, -0.2) is 4.39 Å². The van der Waals surface area contributed by atoms with E-state index in [-0.39, 0.29) is 11.3 Å². The summed E-state index contributed by atoms with van der Waals surface area (Å²) in [5.74, 6) is -3.54. The first kappa shape index (κ1) is 12.7. The van der Waals surface area contributed by atoms with Gasteiger partial charge in [0, 0.05) is 12.5 Å². The summed E-state index contributed by atoms with van der Waals surface area (Å²) < 4.78 is 49.1. The van der Waals surface area contributed by atoms with Gasteiger partial charge in [0.15, 0.2) is 0 Å². The van der Waals surface area contributed by atoms with E-state index in [4.69, 9.17) is 5.11 Å². The molecule has 2 atom stereocenters. The number of hydrogen-bond acceptors (Lipinski definition) is 2. The fourth-order valence-electron chi connectivity index (χ4n) is 1.67. The molecule has 1 amide bonds. The molecule has 1 aliphatic rings. The van der Waals surface area contributed by atoms with Crippen LogP contribution < -0.4 is 0 Å². The molecule has 4 nitrogen and oxygen atoms in total. The number of carboxylic acid groups (broad SMARTS) is 1. The Labute approximate surface area is 87.8 Å². The van der Waals surface area contributed by atoms with Gasteiger partial charge in [0.25, 0.3) is 0 Å². The van der Waals surface area contributed by atoms with E-state index in [9.17, 15) is 27.2 Å². The number of nitrogens with zero attached hydrogens (tertiary/aromatic N) is 1. The zero-order valence-electron chi connectivity index (χ0n) is 8.00. The van der Waals surface area contributed by atoms with Crippen LogP contribution in [0.15, 0.2) is 0 Å². The number of aliphatic carboxylic acids is 1. The molecule has 16 heavy (non-hydrogen) atoms. The highest BCUT2D eigenvalue weighted by molar-refractivity contribution is 5.83. The van der Waals surface area contributed by atoms with Crippen molar-refractivity contribution in [1.82, 2.24) is 4.90 Å². The summed E-state index contributed by atoms with van der Waals surface area (Å²) in [7, 11) is 0. The highest BCUT2D eigenvalue weighted by Crippen LogP contribution is 2.28. The van der Waals surface area contributed by atoms with E-state index in [0.717, 1.165) is 0 Å². The van der Waals surface area contributed by atoms with Crippen molar-refractivity contribution in [3.05, 3.63) is 0 Å². The van der Waals surface area contributed by atoms with Gasteiger partial charge in [-0.15, -0.1) is 0 Å². The van der Waals surface area contributed by atoms with Crippen LogP contribution in [0.2, 0.25) is 0 Å². The van der Waals surface area contributed by atoms with E-state index in [2.05, 4.69) is 0 Å². The summed E-state index contributed by atoms with van der Waals surface area (Å²) in [6, 6.07) is -1.22. The van der Waals surface area contributed by atoms with Gasteiger partial charge in [0.2, 0.25) is 0 Å². The maximum absolute atomic E-state index is 12.9. The standard InChI is InChI=1S/C8H9F4NO3/c9-4-1-5(2-6(14)15)13(3-4)7(16)8(10,11)12/h4-5H,1-3H2,(H,14,15)/t4-,5-/m0/s1. The first-order chi connectivity index (χ1) is 7.21. The second-order valence-corrected chi connectivity index (χ2v) is 3.54. The molecule has 92 valence electrons. The first-order valence-electron chi connectivity index (χ1n) is 4.45. The third-order valence-electron chi connectivity index (χ3n) is 2.28. The van der Waals surface area contributed by atoms with Crippen molar-refractivity contribution in [3.63, 3.8) is 0 Å². The molecule has 0 aliphatic carbocycles. The van der Waals surface area contributed by atoms with Gasteiger partial charge in [0.05, 0.1) is 13.0 Å². The predicted octanol–water partition coefficient (Wildman–Crippen LogP) is 0.962. The highest BCUT2D eigenvalue weighted by atomic mass is 19.4. The lowest BCUT2D eigenvalue weighted by Gasteiger charge is -2.23. The molecule has 0 saturated carbocycles. The highest BCUT2D eigenvalue weighted by Gasteiger charge is 2.48. The zero-order valence-corrected chi connectivity index (χ0v) is 8.00. The van der Waals surface area contributed by atoms with Crippen LogP contribution in [-0.4, -0.2) is 46.8 Å². The van der Waals surface area contributed by atoms with Crippen LogP contribution in [0.5, 0.6) is 0 Å². The lowest BCUT2D eigenvalue weighted by atomic mass is 10.1. The Morgan fingerprint density at radius 3 is 2.38 bits per heavy atom. The quantitative estimate of drug-likeness (QED) is 0.735. The molecule has 1 rings (SSSR count). The molecular formula is C8H9F4NO3. The number of carbonyl (C=O) groups is 2. The Hall–Kier alpha value is -1.34. The molecule has 1 fully saturated rings. The van der Waals surface area contributed by atoms with Crippen LogP contribution in [0.4, 0.5) is 17.6 Å². The molecule has 0 aromatic heterocycles. The fraction of sp³-hybridized carbons (Fsp3) is 0.750. The van der Waals surface area contributed by atoms with Crippen molar-refractivity contribution in [2.45, 2.75) is 31.2 Å². The van der Waals surface area contributed by atoms with Crippen LogP contribution in [0.1, 0.15) is 12.8 Å². The summed E-state index contributed by atoms with van der Waals surface area (Å²) in [4.78, 5) is 21.4. The van der Waals surface area contributed by atoms with E-state index >= 15 is 0 Å². The topological polar surface area (TPSA) is 57.6 Å². The number of carbonyl (C=O) groups excluding carboxylic acids is 1. The van der Waals surface area contributed by atoms with Gasteiger partial charge in [-0.3, -0.25) is 9.59 Å². The minimum atomic E-state index is -5.10. The molecular weight excluding hydrogens is 234 g/mol.